The van der Waals surface area contributed by atoms with Gasteiger partial charge in [-0.3, -0.25) is 14.0 Å². The number of amides is 1. The van der Waals surface area contributed by atoms with Gasteiger partial charge in [0.05, 0.1) is 0 Å². The first-order valence-corrected chi connectivity index (χ1v) is 9.94. The van der Waals surface area contributed by atoms with Crippen molar-refractivity contribution in [2.24, 2.45) is 0 Å². The van der Waals surface area contributed by atoms with Crippen molar-refractivity contribution in [1.82, 2.24) is 14.7 Å². The Labute approximate surface area is 180 Å². The predicted octanol–water partition coefficient (Wildman–Crippen LogP) is 3.83. The predicted molar refractivity (Wildman–Crippen MR) is 119 cm³/mol. The van der Waals surface area contributed by atoms with Gasteiger partial charge in [0.2, 0.25) is 5.88 Å². The first-order chi connectivity index (χ1) is 14.7. The smallest absolute Gasteiger partial charge is 0.269 e. The lowest BCUT2D eigenvalue weighted by Gasteiger charge is -2.19. The van der Waals surface area contributed by atoms with E-state index in [4.69, 9.17) is 4.74 Å². The third-order valence-electron chi connectivity index (χ3n) is 4.66. The summed E-state index contributed by atoms with van der Waals surface area (Å²) in [6, 6.07) is 14.5. The molecule has 0 unspecified atom stereocenters. The first kappa shape index (κ1) is 21.8. The topological polar surface area (TPSA) is 96.5 Å². The zero-order valence-electron chi connectivity index (χ0n) is 18.0. The van der Waals surface area contributed by atoms with Gasteiger partial charge in [-0.25, -0.2) is 0 Å². The van der Waals surface area contributed by atoms with Crippen LogP contribution in [0.5, 0.6) is 11.6 Å². The van der Waals surface area contributed by atoms with Crippen molar-refractivity contribution in [3.05, 3.63) is 75.7 Å². The van der Waals surface area contributed by atoms with Crippen molar-refractivity contribution in [3.8, 4) is 17.7 Å². The zero-order chi connectivity index (χ0) is 22.6. The van der Waals surface area contributed by atoms with Crippen LogP contribution in [0, 0.1) is 11.3 Å². The average molecular weight is 416 g/mol. The number of rotatable bonds is 5. The summed E-state index contributed by atoms with van der Waals surface area (Å²) in [6.45, 7) is 8.44. The van der Waals surface area contributed by atoms with E-state index in [0.717, 1.165) is 5.56 Å². The van der Waals surface area contributed by atoms with Crippen LogP contribution >= 0.6 is 0 Å². The first-order valence-electron chi connectivity index (χ1n) is 9.94. The number of likely N-dealkylation sites (N-methyl/N-ethyl adjacent to an activating group) is 1. The summed E-state index contributed by atoms with van der Waals surface area (Å²) in [6.07, 6.45) is 2.79. The fourth-order valence-corrected chi connectivity index (χ4v) is 2.97. The van der Waals surface area contributed by atoms with Gasteiger partial charge < -0.3 is 10.1 Å². The van der Waals surface area contributed by atoms with Crippen molar-refractivity contribution in [2.45, 2.75) is 33.1 Å². The zero-order valence-corrected chi connectivity index (χ0v) is 18.0. The van der Waals surface area contributed by atoms with E-state index in [0.29, 0.717) is 17.9 Å². The fourth-order valence-electron chi connectivity index (χ4n) is 2.97. The molecule has 7 heteroatoms. The second-order valence-electron chi connectivity index (χ2n) is 7.97. The Kier molecular flexibility index (Phi) is 6.21. The lowest BCUT2D eigenvalue weighted by Crippen LogP contribution is -2.25. The Morgan fingerprint density at radius 2 is 1.94 bits per heavy atom. The highest BCUT2D eigenvalue weighted by atomic mass is 16.5. The van der Waals surface area contributed by atoms with Gasteiger partial charge in [0.15, 0.2) is 0 Å². The van der Waals surface area contributed by atoms with E-state index in [1.165, 1.54) is 10.5 Å². The van der Waals surface area contributed by atoms with Crippen LogP contribution in [0.2, 0.25) is 0 Å². The monoisotopic (exact) mass is 416 g/mol. The van der Waals surface area contributed by atoms with E-state index in [9.17, 15) is 14.9 Å². The lowest BCUT2D eigenvalue weighted by atomic mass is 9.87. The molecule has 0 aliphatic heterocycles. The number of benzene rings is 1. The van der Waals surface area contributed by atoms with Crippen molar-refractivity contribution < 1.29 is 9.53 Å². The summed E-state index contributed by atoms with van der Waals surface area (Å²) in [5.74, 6) is -0.0499. The maximum Gasteiger partial charge on any atom is 0.269 e. The van der Waals surface area contributed by atoms with Crippen molar-refractivity contribution >= 4 is 17.6 Å². The molecule has 0 saturated carbocycles. The molecular formula is C24H24N4O3. The molecule has 0 spiro atoms. The minimum absolute atomic E-state index is 0.0131. The van der Waals surface area contributed by atoms with E-state index in [1.54, 1.807) is 43.5 Å². The van der Waals surface area contributed by atoms with Gasteiger partial charge in [-0.15, -0.1) is 0 Å². The Morgan fingerprint density at radius 3 is 2.55 bits per heavy atom. The molecule has 3 aromatic rings. The molecule has 2 heterocycles. The highest BCUT2D eigenvalue weighted by molar-refractivity contribution is 6.01. The normalized spacial score (nSPS) is 11.8. The van der Waals surface area contributed by atoms with Crippen LogP contribution in [-0.2, 0) is 10.2 Å². The molecule has 2 aromatic heterocycles. The number of carbonyl (C=O) groups excluding carboxylic acids is 1. The summed E-state index contributed by atoms with van der Waals surface area (Å²) >= 11 is 0. The van der Waals surface area contributed by atoms with Crippen LogP contribution in [0.1, 0.15) is 38.8 Å². The largest absolute Gasteiger partial charge is 0.438 e. The molecule has 0 atom stereocenters. The van der Waals surface area contributed by atoms with E-state index >= 15 is 0 Å². The van der Waals surface area contributed by atoms with Crippen molar-refractivity contribution in [2.75, 3.05) is 6.54 Å². The molecule has 0 radical (unpaired) electrons. The number of nitriles is 1. The van der Waals surface area contributed by atoms with Crippen LogP contribution in [0.4, 0.5) is 0 Å². The molecule has 0 aliphatic carbocycles. The highest BCUT2D eigenvalue weighted by Crippen LogP contribution is 2.28. The van der Waals surface area contributed by atoms with Crippen LogP contribution in [0.3, 0.4) is 0 Å². The van der Waals surface area contributed by atoms with E-state index in [-0.39, 0.29) is 22.4 Å². The summed E-state index contributed by atoms with van der Waals surface area (Å²) < 4.78 is 7.28. The van der Waals surface area contributed by atoms with Gasteiger partial charge in [-0.05, 0) is 48.2 Å². The molecule has 7 nitrogen and oxygen atoms in total. The van der Waals surface area contributed by atoms with Crippen molar-refractivity contribution in [1.29, 1.82) is 5.26 Å². The van der Waals surface area contributed by atoms with Gasteiger partial charge in [-0.1, -0.05) is 39.0 Å². The second-order valence-corrected chi connectivity index (χ2v) is 7.97. The number of nitrogens with zero attached hydrogens (tertiary/aromatic N) is 3. The molecule has 158 valence electrons. The second kappa shape index (κ2) is 8.84. The molecule has 31 heavy (non-hydrogen) atoms. The fraction of sp³-hybridized carbons (Fsp3) is 0.250. The van der Waals surface area contributed by atoms with Gasteiger partial charge >= 0.3 is 0 Å². The van der Waals surface area contributed by atoms with Gasteiger partial charge in [0, 0.05) is 12.7 Å². The molecular weight excluding hydrogens is 392 g/mol. The number of pyridine rings is 1. The minimum atomic E-state index is -0.567. The number of aromatic nitrogens is 2. The van der Waals surface area contributed by atoms with Gasteiger partial charge in [-0.2, -0.15) is 10.2 Å². The standard InChI is InChI=1S/C24H24N4O3/c1-5-26-21(29)16(15-25)14-19-22(27-20-8-6-7-13-28(20)23(19)30)31-18-11-9-17(10-12-18)24(2,3)4/h6-14H,5H2,1-4H3,(H,26,29). The SMILES string of the molecule is CCNC(=O)C(C#N)=Cc1c(Oc2ccc(C(C)(C)C)cc2)nc2ccccn2c1=O. The molecule has 0 saturated heterocycles. The summed E-state index contributed by atoms with van der Waals surface area (Å²) in [7, 11) is 0. The number of nitrogens with one attached hydrogen (secondary N) is 1. The summed E-state index contributed by atoms with van der Waals surface area (Å²) in [5, 5.41) is 12.0. The molecule has 3 rings (SSSR count). The van der Waals surface area contributed by atoms with Crippen molar-refractivity contribution in [3.63, 3.8) is 0 Å². The molecule has 0 aliphatic rings. The van der Waals surface area contributed by atoms with Gasteiger partial charge in [0.25, 0.3) is 11.5 Å². The Bertz CT molecular complexity index is 1240. The molecule has 0 bridgehead atoms. The Hall–Kier alpha value is -3.92. The minimum Gasteiger partial charge on any atom is -0.438 e. The number of ether oxygens (including phenoxy) is 1. The Morgan fingerprint density at radius 1 is 1.23 bits per heavy atom. The number of fused-ring (bicyclic) bond motifs is 1. The lowest BCUT2D eigenvalue weighted by molar-refractivity contribution is -0.116. The van der Waals surface area contributed by atoms with Crippen LogP contribution in [0.15, 0.2) is 59.0 Å². The maximum atomic E-state index is 13.1. The van der Waals surface area contributed by atoms with E-state index in [1.807, 2.05) is 18.2 Å². The number of carbonyl (C=O) groups is 1. The number of hydrogen-bond acceptors (Lipinski definition) is 5. The highest BCUT2D eigenvalue weighted by Gasteiger charge is 2.18. The van der Waals surface area contributed by atoms with E-state index in [2.05, 4.69) is 31.1 Å². The van der Waals surface area contributed by atoms with E-state index < -0.39 is 11.5 Å². The van der Waals surface area contributed by atoms with Crippen LogP contribution in [-0.4, -0.2) is 21.8 Å². The number of hydrogen-bond donors (Lipinski definition) is 1. The third kappa shape index (κ3) is 4.81. The third-order valence-corrected chi connectivity index (χ3v) is 4.66. The van der Waals surface area contributed by atoms with Crippen LogP contribution < -0.4 is 15.6 Å². The summed E-state index contributed by atoms with van der Waals surface area (Å²) in [4.78, 5) is 29.7. The molecule has 0 fully saturated rings. The maximum absolute atomic E-state index is 13.1. The molecule has 1 amide bonds. The summed E-state index contributed by atoms with van der Waals surface area (Å²) in [5.41, 5.74) is 0.887. The average Bonchev–Trinajstić information content (AvgIpc) is 2.73. The molecule has 1 aromatic carbocycles. The molecule has 1 N–H and O–H groups in total. The van der Waals surface area contributed by atoms with Crippen LogP contribution in [0.25, 0.3) is 11.7 Å². The quantitative estimate of drug-likeness (QED) is 0.504. The Balaban J connectivity index is 2.14. The van der Waals surface area contributed by atoms with Gasteiger partial charge in [0.1, 0.15) is 28.6 Å².